The minimum atomic E-state index is -0.773. The van der Waals surface area contributed by atoms with Crippen LogP contribution in [0.3, 0.4) is 0 Å². The van der Waals surface area contributed by atoms with E-state index in [-0.39, 0.29) is 36.7 Å². The van der Waals surface area contributed by atoms with E-state index < -0.39 is 6.04 Å². The Morgan fingerprint density at radius 1 is 1.00 bits per heavy atom. The van der Waals surface area contributed by atoms with E-state index in [1.54, 1.807) is 49.7 Å². The summed E-state index contributed by atoms with van der Waals surface area (Å²) in [6.45, 7) is 6.54. The molecule has 0 radical (unpaired) electrons. The molecule has 0 fully saturated rings. The van der Waals surface area contributed by atoms with Crippen molar-refractivity contribution in [2.24, 2.45) is 5.92 Å². The number of amides is 3. The maximum absolute atomic E-state index is 13.5. The fourth-order valence-electron chi connectivity index (χ4n) is 5.33. The lowest BCUT2D eigenvalue weighted by Crippen LogP contribution is -2.51. The number of fused-ring (bicyclic) bond motifs is 3. The number of nitrogens with zero attached hydrogens (tertiary/aromatic N) is 3. The van der Waals surface area contributed by atoms with Crippen LogP contribution in [0, 0.1) is 5.92 Å². The molecule has 13 heteroatoms. The van der Waals surface area contributed by atoms with E-state index in [1.807, 2.05) is 29.5 Å². The van der Waals surface area contributed by atoms with E-state index in [9.17, 15) is 14.4 Å². The Balaban J connectivity index is 1.63. The van der Waals surface area contributed by atoms with E-state index >= 15 is 0 Å². The number of ether oxygens (including phenoxy) is 4. The molecule has 1 atom stereocenters. The third-order valence-electron chi connectivity index (χ3n) is 7.92. The molecule has 1 aromatic heterocycles. The normalized spacial score (nSPS) is 17.1. The van der Waals surface area contributed by atoms with Gasteiger partial charge < -0.3 is 39.5 Å². The first-order valence-corrected chi connectivity index (χ1v) is 15.8. The van der Waals surface area contributed by atoms with Gasteiger partial charge in [0.05, 0.1) is 46.0 Å². The van der Waals surface area contributed by atoms with Gasteiger partial charge in [-0.15, -0.1) is 0 Å². The van der Waals surface area contributed by atoms with Crippen molar-refractivity contribution >= 4 is 17.7 Å². The number of imidazole rings is 1. The van der Waals surface area contributed by atoms with Crippen LogP contribution in [0.5, 0.6) is 23.0 Å². The number of rotatable bonds is 8. The van der Waals surface area contributed by atoms with Crippen LogP contribution in [-0.4, -0.2) is 85.8 Å². The number of carbonyl (C=O) groups is 3. The predicted octanol–water partition coefficient (Wildman–Crippen LogP) is 3.12. The Morgan fingerprint density at radius 2 is 1.81 bits per heavy atom. The molecule has 4 rings (SSSR count). The molecule has 2 heterocycles. The maximum atomic E-state index is 13.5. The molecular formula is C34H46N6O7. The van der Waals surface area contributed by atoms with Crippen LogP contribution in [0.4, 0.5) is 0 Å². The van der Waals surface area contributed by atoms with Gasteiger partial charge in [0.1, 0.15) is 23.4 Å². The van der Waals surface area contributed by atoms with Crippen molar-refractivity contribution in [2.75, 3.05) is 47.6 Å². The lowest BCUT2D eigenvalue weighted by Gasteiger charge is -2.26. The SMILES string of the molecule is COCCn1ccnc1CN1CCCCNC(=O)c2ccc(OC)c(c2)Oc2cccc(OC)c2CNC(=O)[C@@H](C(C)C)NC(=O)C1. The molecular weight excluding hydrogens is 604 g/mol. The van der Waals surface area contributed by atoms with Crippen LogP contribution in [0.2, 0.25) is 0 Å². The largest absolute Gasteiger partial charge is 0.496 e. The number of aromatic nitrogens is 2. The van der Waals surface area contributed by atoms with Crippen LogP contribution in [0.1, 0.15) is 48.4 Å². The van der Waals surface area contributed by atoms with E-state index in [1.165, 1.54) is 14.2 Å². The van der Waals surface area contributed by atoms with Gasteiger partial charge in [-0.05, 0) is 55.6 Å². The molecule has 3 aromatic rings. The van der Waals surface area contributed by atoms with Crippen LogP contribution in [-0.2, 0) is 34.0 Å². The molecule has 3 amide bonds. The van der Waals surface area contributed by atoms with Crippen molar-refractivity contribution in [1.82, 2.24) is 30.4 Å². The molecule has 47 heavy (non-hydrogen) atoms. The number of benzene rings is 2. The van der Waals surface area contributed by atoms with Crippen LogP contribution in [0.25, 0.3) is 0 Å². The second kappa shape index (κ2) is 17.3. The number of methoxy groups -OCH3 is 3. The van der Waals surface area contributed by atoms with Crippen molar-refractivity contribution in [2.45, 2.75) is 52.4 Å². The van der Waals surface area contributed by atoms with Crippen molar-refractivity contribution in [1.29, 1.82) is 0 Å². The summed E-state index contributed by atoms with van der Waals surface area (Å²) in [6, 6.07) is 9.51. The maximum Gasteiger partial charge on any atom is 0.251 e. The third-order valence-corrected chi connectivity index (χ3v) is 7.92. The monoisotopic (exact) mass is 650 g/mol. The first-order chi connectivity index (χ1) is 22.7. The topological polar surface area (TPSA) is 145 Å². The molecule has 1 aliphatic heterocycles. The molecule has 13 nitrogen and oxygen atoms in total. The van der Waals surface area contributed by atoms with Crippen LogP contribution >= 0.6 is 0 Å². The molecule has 0 aliphatic carbocycles. The minimum Gasteiger partial charge on any atom is -0.496 e. The Labute approximate surface area is 275 Å². The van der Waals surface area contributed by atoms with Gasteiger partial charge in [-0.3, -0.25) is 19.3 Å². The number of nitrogens with one attached hydrogen (secondary N) is 3. The van der Waals surface area contributed by atoms with E-state index in [0.717, 1.165) is 12.2 Å². The minimum absolute atomic E-state index is 0.0655. The fourth-order valence-corrected chi connectivity index (χ4v) is 5.33. The molecule has 2 aromatic carbocycles. The van der Waals surface area contributed by atoms with Gasteiger partial charge in [-0.1, -0.05) is 19.9 Å². The molecule has 0 saturated carbocycles. The molecule has 0 spiro atoms. The van der Waals surface area contributed by atoms with Gasteiger partial charge in [0, 0.05) is 38.2 Å². The van der Waals surface area contributed by atoms with Crippen molar-refractivity contribution in [3.8, 4) is 23.0 Å². The lowest BCUT2D eigenvalue weighted by molar-refractivity contribution is -0.130. The summed E-state index contributed by atoms with van der Waals surface area (Å²) in [4.78, 5) is 46.6. The highest BCUT2D eigenvalue weighted by atomic mass is 16.5. The summed E-state index contributed by atoms with van der Waals surface area (Å²) in [5.41, 5.74) is 0.993. The molecule has 2 bridgehead atoms. The zero-order valence-electron chi connectivity index (χ0n) is 27.8. The average Bonchev–Trinajstić information content (AvgIpc) is 3.50. The first-order valence-electron chi connectivity index (χ1n) is 15.8. The molecule has 0 saturated heterocycles. The van der Waals surface area contributed by atoms with Gasteiger partial charge in [-0.25, -0.2) is 4.98 Å². The predicted molar refractivity (Wildman–Crippen MR) is 176 cm³/mol. The zero-order valence-corrected chi connectivity index (χ0v) is 27.8. The third kappa shape index (κ3) is 9.69. The van der Waals surface area contributed by atoms with E-state index in [0.29, 0.717) is 73.3 Å². The number of hydrogen-bond acceptors (Lipinski definition) is 9. The van der Waals surface area contributed by atoms with Crippen molar-refractivity contribution in [3.63, 3.8) is 0 Å². The Morgan fingerprint density at radius 3 is 2.55 bits per heavy atom. The highest BCUT2D eigenvalue weighted by Gasteiger charge is 2.26. The van der Waals surface area contributed by atoms with E-state index in [2.05, 4.69) is 20.9 Å². The summed E-state index contributed by atoms with van der Waals surface area (Å²) in [7, 11) is 4.71. The molecule has 0 unspecified atom stereocenters. The van der Waals surface area contributed by atoms with Crippen LogP contribution < -0.4 is 30.2 Å². The molecule has 254 valence electrons. The lowest BCUT2D eigenvalue weighted by atomic mass is 10.0. The van der Waals surface area contributed by atoms with Gasteiger partial charge in [0.15, 0.2) is 11.5 Å². The second-order valence-electron chi connectivity index (χ2n) is 11.6. The number of carbonyl (C=O) groups excluding carboxylic acids is 3. The highest BCUT2D eigenvalue weighted by molar-refractivity contribution is 5.95. The second-order valence-corrected chi connectivity index (χ2v) is 11.6. The Hall–Kier alpha value is -4.62. The summed E-state index contributed by atoms with van der Waals surface area (Å²) >= 11 is 0. The molecule has 3 N–H and O–H groups in total. The van der Waals surface area contributed by atoms with Crippen LogP contribution in [0.15, 0.2) is 48.8 Å². The fraction of sp³-hybridized carbons (Fsp3) is 0.471. The quantitative estimate of drug-likeness (QED) is 0.335. The summed E-state index contributed by atoms with van der Waals surface area (Å²) < 4.78 is 24.6. The van der Waals surface area contributed by atoms with Crippen molar-refractivity contribution < 1.29 is 33.3 Å². The Kier molecular flexibility index (Phi) is 13.0. The van der Waals surface area contributed by atoms with E-state index in [4.69, 9.17) is 18.9 Å². The molecule has 1 aliphatic rings. The summed E-state index contributed by atoms with van der Waals surface area (Å²) in [5.74, 6) is 1.46. The zero-order chi connectivity index (χ0) is 33.8. The number of hydrogen-bond donors (Lipinski definition) is 3. The average molecular weight is 651 g/mol. The first kappa shape index (κ1) is 35.2. The van der Waals surface area contributed by atoms with Gasteiger partial charge in [0.2, 0.25) is 11.8 Å². The van der Waals surface area contributed by atoms with Gasteiger partial charge in [-0.2, -0.15) is 0 Å². The van der Waals surface area contributed by atoms with Gasteiger partial charge in [0.25, 0.3) is 5.91 Å². The Bertz CT molecular complexity index is 1510. The summed E-state index contributed by atoms with van der Waals surface area (Å²) in [6.07, 6.45) is 5.02. The highest BCUT2D eigenvalue weighted by Crippen LogP contribution is 2.37. The standard InChI is InChI=1S/C34H46N6O7/c1-23(2)32-34(43)37-20-25-26(45-4)9-8-10-27(25)47-29-19-24(11-12-28(29)46-5)33(42)36-13-6-7-15-39(22-31(41)38-32)21-30-35-14-16-40(30)17-18-44-3/h8-12,14,16,19,23,32H,6-7,13,15,17-18,20-22H2,1-5H3,(H,36,42)(H,37,43)(H,38,41)/t32-/m1/s1. The van der Waals surface area contributed by atoms with Gasteiger partial charge >= 0.3 is 0 Å². The van der Waals surface area contributed by atoms with Crippen molar-refractivity contribution in [3.05, 3.63) is 65.7 Å². The summed E-state index contributed by atoms with van der Waals surface area (Å²) in [5, 5.41) is 8.89. The smallest absolute Gasteiger partial charge is 0.251 e.